The minimum absolute atomic E-state index is 0.0594. The van der Waals surface area contributed by atoms with Crippen LogP contribution in [0.5, 0.6) is 5.75 Å². The second-order valence-corrected chi connectivity index (χ2v) is 16.8. The number of aromatic hydroxyl groups is 1. The molecule has 1 aliphatic rings. The number of furan rings is 1. The number of carbonyl (C=O) groups is 1. The summed E-state index contributed by atoms with van der Waals surface area (Å²) in [5.74, 6) is 0.760. The number of rotatable bonds is 8. The summed E-state index contributed by atoms with van der Waals surface area (Å²) in [5.41, 5.74) is 1.94. The largest absolute Gasteiger partial charge is 0.508 e. The van der Waals surface area contributed by atoms with E-state index in [9.17, 15) is 9.90 Å². The Balaban J connectivity index is 1.50. The number of phenolic OH excluding ortho intramolecular Hbond substituents is 1. The Morgan fingerprint density at radius 2 is 1.92 bits per heavy atom. The normalized spacial score (nSPS) is 19.5. The third-order valence-corrected chi connectivity index (χ3v) is 12.9. The smallest absolute Gasteiger partial charge is 0.227 e. The first-order valence-corrected chi connectivity index (χ1v) is 16.0. The van der Waals surface area contributed by atoms with Gasteiger partial charge >= 0.3 is 0 Å². The lowest BCUT2D eigenvalue weighted by atomic mass is 9.92. The van der Waals surface area contributed by atoms with Gasteiger partial charge in [-0.1, -0.05) is 51.1 Å². The van der Waals surface area contributed by atoms with Crippen LogP contribution < -0.4 is 0 Å². The van der Waals surface area contributed by atoms with Gasteiger partial charge in [-0.3, -0.25) is 4.79 Å². The van der Waals surface area contributed by atoms with Crippen LogP contribution in [0.3, 0.4) is 0 Å². The number of nitrogens with zero attached hydrogens (tertiary/aromatic N) is 1. The maximum absolute atomic E-state index is 13.5. The molecule has 0 spiro atoms. The number of carbonyl (C=O) groups excluding carboxylic acids is 1. The number of hydrogen-bond acceptors (Lipinski definition) is 4. The predicted octanol–water partition coefficient (Wildman–Crippen LogP) is 7.46. The van der Waals surface area contributed by atoms with E-state index < -0.39 is 8.32 Å². The van der Waals surface area contributed by atoms with Crippen LogP contribution in [-0.2, 0) is 15.6 Å². The van der Waals surface area contributed by atoms with Gasteiger partial charge in [-0.25, -0.2) is 0 Å². The Morgan fingerprint density at radius 3 is 2.64 bits per heavy atom. The molecule has 1 amide bonds. The number of hydrogen-bond donors (Lipinski definition) is 1. The molecule has 3 atom stereocenters. The van der Waals surface area contributed by atoms with Gasteiger partial charge in [0, 0.05) is 23.9 Å². The van der Waals surface area contributed by atoms with E-state index in [2.05, 4.69) is 33.9 Å². The molecule has 1 aliphatic carbocycles. The number of benzene rings is 2. The van der Waals surface area contributed by atoms with E-state index in [1.165, 1.54) is 0 Å². The van der Waals surface area contributed by atoms with Gasteiger partial charge in [0.25, 0.3) is 0 Å². The van der Waals surface area contributed by atoms with Gasteiger partial charge in [-0.2, -0.15) is 0 Å². The molecule has 6 heteroatoms. The predicted molar refractivity (Wildman–Crippen MR) is 148 cm³/mol. The summed E-state index contributed by atoms with van der Waals surface area (Å²) < 4.78 is 12.1. The molecule has 36 heavy (non-hydrogen) atoms. The van der Waals surface area contributed by atoms with Crippen LogP contribution in [0.1, 0.15) is 63.6 Å². The SMILES string of the molecule is CN(C(=O)Cc1cccc2cocc12)C(CC1CCC(O[Si](C)(C)C(C)(C)C)C1)c1cccc(O)c1. The Morgan fingerprint density at radius 1 is 1.17 bits per heavy atom. The van der Waals surface area contributed by atoms with E-state index in [0.29, 0.717) is 18.4 Å². The molecule has 3 unspecified atom stereocenters. The van der Waals surface area contributed by atoms with Crippen LogP contribution in [0.2, 0.25) is 18.1 Å². The van der Waals surface area contributed by atoms with E-state index in [4.69, 9.17) is 8.84 Å². The Kier molecular flexibility index (Phi) is 7.67. The molecule has 0 radical (unpaired) electrons. The summed E-state index contributed by atoms with van der Waals surface area (Å²) in [6.45, 7) is 11.5. The third kappa shape index (κ3) is 5.87. The molecule has 1 aromatic heterocycles. The van der Waals surface area contributed by atoms with Crippen molar-refractivity contribution in [2.24, 2.45) is 5.92 Å². The van der Waals surface area contributed by atoms with Crippen LogP contribution in [-0.4, -0.2) is 37.4 Å². The van der Waals surface area contributed by atoms with Crippen molar-refractivity contribution in [2.45, 2.75) is 83.2 Å². The molecule has 2 aromatic carbocycles. The van der Waals surface area contributed by atoms with Gasteiger partial charge in [0.2, 0.25) is 5.91 Å². The van der Waals surface area contributed by atoms with Crippen LogP contribution in [0, 0.1) is 5.92 Å². The van der Waals surface area contributed by atoms with Crippen molar-refractivity contribution in [2.75, 3.05) is 7.05 Å². The second-order valence-electron chi connectivity index (χ2n) is 12.0. The summed E-state index contributed by atoms with van der Waals surface area (Å²) in [6, 6.07) is 13.2. The lowest BCUT2D eigenvalue weighted by Crippen LogP contribution is -2.43. The summed E-state index contributed by atoms with van der Waals surface area (Å²) in [6.07, 6.45) is 8.09. The van der Waals surface area contributed by atoms with Crippen LogP contribution in [0.25, 0.3) is 10.8 Å². The van der Waals surface area contributed by atoms with Crippen molar-refractivity contribution in [3.05, 3.63) is 66.1 Å². The molecule has 0 aliphatic heterocycles. The molecule has 1 fully saturated rings. The van der Waals surface area contributed by atoms with Gasteiger partial charge < -0.3 is 18.8 Å². The fourth-order valence-electron chi connectivity index (χ4n) is 5.18. The molecule has 1 N–H and O–H groups in total. The van der Waals surface area contributed by atoms with Gasteiger partial charge in [0.05, 0.1) is 25.0 Å². The maximum atomic E-state index is 13.5. The van der Waals surface area contributed by atoms with Gasteiger partial charge in [0.1, 0.15) is 5.75 Å². The summed E-state index contributed by atoms with van der Waals surface area (Å²) in [5, 5.41) is 12.4. The highest BCUT2D eigenvalue weighted by Crippen LogP contribution is 2.43. The second kappa shape index (κ2) is 10.4. The van der Waals surface area contributed by atoms with E-state index in [1.54, 1.807) is 24.7 Å². The third-order valence-electron chi connectivity index (χ3n) is 8.39. The highest BCUT2D eigenvalue weighted by Gasteiger charge is 2.41. The number of fused-ring (bicyclic) bond motifs is 1. The van der Waals surface area contributed by atoms with Gasteiger partial charge in [0.15, 0.2) is 8.32 Å². The monoisotopic (exact) mass is 507 g/mol. The van der Waals surface area contributed by atoms with Crippen LogP contribution in [0.15, 0.2) is 59.4 Å². The van der Waals surface area contributed by atoms with Crippen molar-refractivity contribution in [3.8, 4) is 5.75 Å². The zero-order valence-electron chi connectivity index (χ0n) is 22.6. The quantitative estimate of drug-likeness (QED) is 0.321. The lowest BCUT2D eigenvalue weighted by Gasteiger charge is -2.38. The first kappa shape index (κ1) is 26.5. The summed E-state index contributed by atoms with van der Waals surface area (Å²) in [4.78, 5) is 15.4. The van der Waals surface area contributed by atoms with E-state index in [-0.39, 0.29) is 22.7 Å². The van der Waals surface area contributed by atoms with Crippen molar-refractivity contribution in [3.63, 3.8) is 0 Å². The highest BCUT2D eigenvalue weighted by molar-refractivity contribution is 6.74. The van der Waals surface area contributed by atoms with Crippen molar-refractivity contribution < 1.29 is 18.7 Å². The maximum Gasteiger partial charge on any atom is 0.227 e. The molecular weight excluding hydrogens is 466 g/mol. The van der Waals surface area contributed by atoms with Gasteiger partial charge in [-0.05, 0) is 73.0 Å². The van der Waals surface area contributed by atoms with Crippen LogP contribution in [0.4, 0.5) is 0 Å². The molecule has 194 valence electrons. The standard InChI is InChI=1S/C30H41NO4Si/c1-30(2,3)36(5,6)35-26-14-13-21(15-26)16-28(23-10-8-12-25(32)17-23)31(4)29(33)18-22-9-7-11-24-19-34-20-27(22)24/h7-12,17,19-21,26,28,32H,13-16,18H2,1-6H3. The number of amides is 1. The molecular formula is C30H41NO4Si. The average molecular weight is 508 g/mol. The minimum atomic E-state index is -1.82. The van der Waals surface area contributed by atoms with Crippen molar-refractivity contribution in [1.82, 2.24) is 4.90 Å². The Hall–Kier alpha value is -2.57. The molecule has 0 bridgehead atoms. The molecule has 1 heterocycles. The first-order chi connectivity index (χ1) is 16.9. The number of likely N-dealkylation sites (N-methyl/N-ethyl adjacent to an activating group) is 1. The fourth-order valence-corrected chi connectivity index (χ4v) is 6.58. The number of phenols is 1. The van der Waals surface area contributed by atoms with Gasteiger partial charge in [-0.15, -0.1) is 0 Å². The first-order valence-electron chi connectivity index (χ1n) is 13.1. The molecule has 4 rings (SSSR count). The summed E-state index contributed by atoms with van der Waals surface area (Å²) >= 11 is 0. The topological polar surface area (TPSA) is 62.9 Å². The Labute approximate surface area is 216 Å². The molecule has 1 saturated carbocycles. The van der Waals surface area contributed by atoms with E-state index >= 15 is 0 Å². The van der Waals surface area contributed by atoms with E-state index in [0.717, 1.165) is 47.6 Å². The zero-order valence-corrected chi connectivity index (χ0v) is 23.6. The molecule has 5 nitrogen and oxygen atoms in total. The Bertz CT molecular complexity index is 1190. The lowest BCUT2D eigenvalue weighted by molar-refractivity contribution is -0.131. The fraction of sp³-hybridized carbons (Fsp3) is 0.500. The molecule has 3 aromatic rings. The van der Waals surface area contributed by atoms with Crippen LogP contribution >= 0.6 is 0 Å². The molecule has 0 saturated heterocycles. The van der Waals surface area contributed by atoms with E-state index in [1.807, 2.05) is 42.3 Å². The van der Waals surface area contributed by atoms with Crippen molar-refractivity contribution in [1.29, 1.82) is 0 Å². The summed E-state index contributed by atoms with van der Waals surface area (Å²) in [7, 11) is 0.0781. The average Bonchev–Trinajstić information content (AvgIpc) is 3.46. The highest BCUT2D eigenvalue weighted by atomic mass is 28.4. The zero-order chi connectivity index (χ0) is 26.1. The van der Waals surface area contributed by atoms with Crippen molar-refractivity contribution >= 4 is 25.0 Å². The minimum Gasteiger partial charge on any atom is -0.508 e.